The van der Waals surface area contributed by atoms with E-state index in [1.807, 2.05) is 0 Å². The van der Waals surface area contributed by atoms with E-state index in [1.165, 1.54) is 0 Å². The molecule has 0 heterocycles. The Hall–Kier alpha value is -0.0800. The van der Waals surface area contributed by atoms with Crippen LogP contribution >= 0.6 is 0 Å². The van der Waals surface area contributed by atoms with Gasteiger partial charge in [0.25, 0.3) is 0 Å². The van der Waals surface area contributed by atoms with Gasteiger partial charge in [0.15, 0.2) is 0 Å². The van der Waals surface area contributed by atoms with Gasteiger partial charge in [0, 0.05) is 0 Å². The average molecular weight is 228 g/mol. The molecular weight excluding hydrogens is 200 g/mol. The third-order valence-electron chi connectivity index (χ3n) is 4.10. The van der Waals surface area contributed by atoms with E-state index < -0.39 is 0 Å². The summed E-state index contributed by atoms with van der Waals surface area (Å²) < 4.78 is 0. The molecule has 0 saturated heterocycles. The highest BCUT2D eigenvalue weighted by molar-refractivity contribution is 4.95. The predicted molar refractivity (Wildman–Crippen MR) is 67.1 cm³/mol. The first-order chi connectivity index (χ1) is 7.03. The van der Waals surface area contributed by atoms with Crippen LogP contribution in [0.25, 0.3) is 0 Å². The Balaban J connectivity index is 2.91. The molecule has 2 nitrogen and oxygen atoms in total. The van der Waals surface area contributed by atoms with Crippen molar-refractivity contribution < 1.29 is 10.2 Å². The first-order valence-corrected chi connectivity index (χ1v) is 6.39. The van der Waals surface area contributed by atoms with E-state index >= 15 is 0 Å². The Labute approximate surface area is 100 Å². The summed E-state index contributed by atoms with van der Waals surface area (Å²) in [4.78, 5) is 0. The first-order valence-electron chi connectivity index (χ1n) is 6.39. The lowest BCUT2D eigenvalue weighted by molar-refractivity contribution is -0.104. The Morgan fingerprint density at radius 2 is 1.06 bits per heavy atom. The lowest BCUT2D eigenvalue weighted by atomic mass is 9.60. The van der Waals surface area contributed by atoms with Gasteiger partial charge in [-0.05, 0) is 35.5 Å². The van der Waals surface area contributed by atoms with Crippen LogP contribution in [-0.4, -0.2) is 22.4 Å². The maximum Gasteiger partial charge on any atom is 0.0608 e. The SMILES string of the molecule is CC(C)(C)C1CC(O)C[C@H](C(C)(C)C)C1O. The summed E-state index contributed by atoms with van der Waals surface area (Å²) in [6.45, 7) is 12.9. The molecule has 1 fully saturated rings. The maximum atomic E-state index is 10.5. The summed E-state index contributed by atoms with van der Waals surface area (Å²) in [6.07, 6.45) is 0.925. The fourth-order valence-corrected chi connectivity index (χ4v) is 2.97. The van der Waals surface area contributed by atoms with E-state index in [-0.39, 0.29) is 34.9 Å². The van der Waals surface area contributed by atoms with Gasteiger partial charge < -0.3 is 10.2 Å². The minimum atomic E-state index is -0.289. The van der Waals surface area contributed by atoms with E-state index in [2.05, 4.69) is 41.5 Å². The summed E-state index contributed by atoms with van der Waals surface area (Å²) in [5.74, 6) is 0.390. The standard InChI is InChI=1S/C14H28O2/c1-13(2,3)10-7-9(15)8-11(12(10)16)14(4,5)6/h9-12,15-16H,7-8H2,1-6H3/t9?,10-,11?,12?/m0/s1. The molecule has 0 aliphatic heterocycles. The molecule has 0 aromatic carbocycles. The monoisotopic (exact) mass is 228 g/mol. The highest BCUT2D eigenvalue weighted by Crippen LogP contribution is 2.46. The molecule has 2 heteroatoms. The lowest BCUT2D eigenvalue weighted by Crippen LogP contribution is -2.49. The minimum absolute atomic E-state index is 0.0598. The van der Waals surface area contributed by atoms with Gasteiger partial charge >= 0.3 is 0 Å². The van der Waals surface area contributed by atoms with Crippen LogP contribution < -0.4 is 0 Å². The molecule has 3 unspecified atom stereocenters. The van der Waals surface area contributed by atoms with Crippen molar-refractivity contribution in [1.29, 1.82) is 0 Å². The number of aliphatic hydroxyl groups is 2. The molecule has 1 aliphatic rings. The number of rotatable bonds is 0. The van der Waals surface area contributed by atoms with Crippen molar-refractivity contribution in [3.63, 3.8) is 0 Å². The van der Waals surface area contributed by atoms with Crippen LogP contribution in [0, 0.1) is 22.7 Å². The minimum Gasteiger partial charge on any atom is -0.393 e. The zero-order valence-electron chi connectivity index (χ0n) is 11.6. The molecule has 2 N–H and O–H groups in total. The molecule has 4 atom stereocenters. The van der Waals surface area contributed by atoms with Gasteiger partial charge in [-0.3, -0.25) is 0 Å². The summed E-state index contributed by atoms with van der Waals surface area (Å²) in [7, 11) is 0. The normalized spacial score (nSPS) is 37.5. The van der Waals surface area contributed by atoms with Crippen molar-refractivity contribution in [2.24, 2.45) is 22.7 Å². The summed E-state index contributed by atoms with van der Waals surface area (Å²) in [5, 5.41) is 20.5. The predicted octanol–water partition coefficient (Wildman–Crippen LogP) is 2.83. The third-order valence-corrected chi connectivity index (χ3v) is 4.10. The molecular formula is C14H28O2. The van der Waals surface area contributed by atoms with Crippen LogP contribution in [0.5, 0.6) is 0 Å². The number of hydrogen-bond donors (Lipinski definition) is 2. The van der Waals surface area contributed by atoms with Crippen molar-refractivity contribution in [2.45, 2.75) is 66.6 Å². The molecule has 0 aromatic rings. The van der Waals surface area contributed by atoms with Crippen LogP contribution in [0.15, 0.2) is 0 Å². The highest BCUT2D eigenvalue weighted by atomic mass is 16.3. The van der Waals surface area contributed by atoms with Crippen LogP contribution in [-0.2, 0) is 0 Å². The van der Waals surface area contributed by atoms with Gasteiger partial charge in [0.1, 0.15) is 0 Å². The maximum absolute atomic E-state index is 10.5. The van der Waals surface area contributed by atoms with Crippen LogP contribution in [0.1, 0.15) is 54.4 Å². The zero-order chi connectivity index (χ0) is 12.7. The Morgan fingerprint density at radius 1 is 0.750 bits per heavy atom. The molecule has 1 aliphatic carbocycles. The molecule has 96 valence electrons. The quantitative estimate of drug-likeness (QED) is 0.669. The topological polar surface area (TPSA) is 40.5 Å². The Kier molecular flexibility index (Phi) is 3.76. The fourth-order valence-electron chi connectivity index (χ4n) is 2.97. The molecule has 1 saturated carbocycles. The molecule has 0 spiro atoms. The van der Waals surface area contributed by atoms with Gasteiger partial charge in [-0.25, -0.2) is 0 Å². The molecule has 1 rings (SSSR count). The zero-order valence-corrected chi connectivity index (χ0v) is 11.6. The Bertz CT molecular complexity index is 210. The average Bonchev–Trinajstić information content (AvgIpc) is 2.04. The second-order valence-corrected chi connectivity index (χ2v) is 7.56. The van der Waals surface area contributed by atoms with Gasteiger partial charge in [-0.15, -0.1) is 0 Å². The molecule has 0 bridgehead atoms. The molecule has 0 amide bonds. The van der Waals surface area contributed by atoms with E-state index in [1.54, 1.807) is 0 Å². The highest BCUT2D eigenvalue weighted by Gasteiger charge is 2.45. The van der Waals surface area contributed by atoms with Gasteiger partial charge in [0.2, 0.25) is 0 Å². The second kappa shape index (κ2) is 4.30. The van der Waals surface area contributed by atoms with Crippen LogP contribution in [0.4, 0.5) is 0 Å². The Morgan fingerprint density at radius 3 is 1.31 bits per heavy atom. The van der Waals surface area contributed by atoms with Crippen LogP contribution in [0.3, 0.4) is 0 Å². The van der Waals surface area contributed by atoms with Gasteiger partial charge in [-0.2, -0.15) is 0 Å². The smallest absolute Gasteiger partial charge is 0.0608 e. The molecule has 0 radical (unpaired) electrons. The largest absolute Gasteiger partial charge is 0.393 e. The fraction of sp³-hybridized carbons (Fsp3) is 1.00. The van der Waals surface area contributed by atoms with Gasteiger partial charge in [0.05, 0.1) is 12.2 Å². The lowest BCUT2D eigenvalue weighted by Gasteiger charge is -2.48. The second-order valence-electron chi connectivity index (χ2n) is 7.56. The van der Waals surface area contributed by atoms with E-state index in [4.69, 9.17) is 0 Å². The van der Waals surface area contributed by atoms with Crippen molar-refractivity contribution in [2.75, 3.05) is 0 Å². The summed E-state index contributed by atoms with van der Waals surface area (Å²) in [5.41, 5.74) is 0.120. The summed E-state index contributed by atoms with van der Waals surface area (Å²) >= 11 is 0. The molecule has 0 aromatic heterocycles. The summed E-state index contributed by atoms with van der Waals surface area (Å²) in [6, 6.07) is 0. The van der Waals surface area contributed by atoms with Crippen molar-refractivity contribution >= 4 is 0 Å². The number of aliphatic hydroxyl groups excluding tert-OH is 2. The van der Waals surface area contributed by atoms with Crippen LogP contribution in [0.2, 0.25) is 0 Å². The van der Waals surface area contributed by atoms with Crippen molar-refractivity contribution in [1.82, 2.24) is 0 Å². The number of hydrogen-bond acceptors (Lipinski definition) is 2. The van der Waals surface area contributed by atoms with E-state index in [0.29, 0.717) is 0 Å². The van der Waals surface area contributed by atoms with Gasteiger partial charge in [-0.1, -0.05) is 41.5 Å². The van der Waals surface area contributed by atoms with Crippen molar-refractivity contribution in [3.8, 4) is 0 Å². The third kappa shape index (κ3) is 2.98. The molecule has 16 heavy (non-hydrogen) atoms. The van der Waals surface area contributed by atoms with Crippen molar-refractivity contribution in [3.05, 3.63) is 0 Å². The van der Waals surface area contributed by atoms with E-state index in [9.17, 15) is 10.2 Å². The van der Waals surface area contributed by atoms with E-state index in [0.717, 1.165) is 12.8 Å². The first kappa shape index (κ1) is 14.0.